The second-order valence-electron chi connectivity index (χ2n) is 6.19. The van der Waals surface area contributed by atoms with Gasteiger partial charge in [-0.2, -0.15) is 0 Å². The molecule has 0 saturated carbocycles. The van der Waals surface area contributed by atoms with Gasteiger partial charge in [0.05, 0.1) is 20.3 Å². The number of rotatable bonds is 9. The lowest BCUT2D eigenvalue weighted by atomic mass is 10.1. The fraction of sp³-hybridized carbons (Fsp3) is 0.381. The molecule has 0 heterocycles. The highest BCUT2D eigenvalue weighted by Crippen LogP contribution is 2.27. The number of carbonyl (C=O) groups is 1. The van der Waals surface area contributed by atoms with Crippen LogP contribution >= 0.6 is 0 Å². The Labute approximate surface area is 155 Å². The molecule has 0 aliphatic rings. The summed E-state index contributed by atoms with van der Waals surface area (Å²) in [5.41, 5.74) is 2.08. The van der Waals surface area contributed by atoms with Crippen molar-refractivity contribution in [3.8, 4) is 11.5 Å². The van der Waals surface area contributed by atoms with Gasteiger partial charge < -0.3 is 14.8 Å². The molecule has 0 fully saturated rings. The zero-order valence-corrected chi connectivity index (χ0v) is 16.0. The summed E-state index contributed by atoms with van der Waals surface area (Å²) in [6, 6.07) is 15.7. The van der Waals surface area contributed by atoms with E-state index in [1.54, 1.807) is 7.11 Å². The maximum atomic E-state index is 12.3. The third-order valence-corrected chi connectivity index (χ3v) is 4.34. The lowest BCUT2D eigenvalue weighted by molar-refractivity contribution is -0.122. The molecule has 5 nitrogen and oxygen atoms in total. The van der Waals surface area contributed by atoms with Crippen LogP contribution in [-0.2, 0) is 11.3 Å². The zero-order valence-electron chi connectivity index (χ0n) is 16.0. The van der Waals surface area contributed by atoms with Gasteiger partial charge in [-0.25, -0.2) is 0 Å². The molecular weight excluding hydrogens is 328 g/mol. The van der Waals surface area contributed by atoms with Gasteiger partial charge in [-0.15, -0.1) is 0 Å². The molecule has 0 bridgehead atoms. The number of likely N-dealkylation sites (N-methyl/N-ethyl adjacent to an activating group) is 1. The first-order valence-corrected chi connectivity index (χ1v) is 8.86. The van der Waals surface area contributed by atoms with Crippen LogP contribution in [0.25, 0.3) is 0 Å². The van der Waals surface area contributed by atoms with E-state index >= 15 is 0 Å². The molecule has 2 aromatic carbocycles. The van der Waals surface area contributed by atoms with Crippen molar-refractivity contribution in [2.45, 2.75) is 26.4 Å². The van der Waals surface area contributed by atoms with Crippen molar-refractivity contribution in [3.05, 3.63) is 59.7 Å². The standard InChI is InChI=1S/C21H28N2O3/c1-5-26-18-10-8-9-17(13-18)14-22-21(24)15-23(3)16(2)19-11-6-7-12-20(19)25-4/h6-13,16H,5,14-15H2,1-4H3,(H,22,24). The average molecular weight is 356 g/mol. The molecule has 140 valence electrons. The molecule has 0 aliphatic carbocycles. The molecule has 1 amide bonds. The van der Waals surface area contributed by atoms with Gasteiger partial charge in [0.1, 0.15) is 11.5 Å². The van der Waals surface area contributed by atoms with E-state index in [0.29, 0.717) is 19.7 Å². The maximum Gasteiger partial charge on any atom is 0.234 e. The molecule has 2 rings (SSSR count). The van der Waals surface area contributed by atoms with Crippen LogP contribution in [0.2, 0.25) is 0 Å². The van der Waals surface area contributed by atoms with Gasteiger partial charge in [0.25, 0.3) is 0 Å². The smallest absolute Gasteiger partial charge is 0.234 e. The lowest BCUT2D eigenvalue weighted by Gasteiger charge is -2.25. The van der Waals surface area contributed by atoms with Crippen LogP contribution in [0.4, 0.5) is 0 Å². The first-order valence-electron chi connectivity index (χ1n) is 8.86. The van der Waals surface area contributed by atoms with Crippen molar-refractivity contribution in [1.82, 2.24) is 10.2 Å². The quantitative estimate of drug-likeness (QED) is 0.748. The Hall–Kier alpha value is -2.53. The number of nitrogens with zero attached hydrogens (tertiary/aromatic N) is 1. The molecule has 1 atom stereocenters. The zero-order chi connectivity index (χ0) is 18.9. The van der Waals surface area contributed by atoms with Gasteiger partial charge in [0.15, 0.2) is 0 Å². The van der Waals surface area contributed by atoms with E-state index in [2.05, 4.69) is 12.2 Å². The molecule has 5 heteroatoms. The SMILES string of the molecule is CCOc1cccc(CNC(=O)CN(C)C(C)c2ccccc2OC)c1. The van der Waals surface area contributed by atoms with E-state index in [1.165, 1.54) is 0 Å². The number of amides is 1. The normalized spacial score (nSPS) is 11.9. The molecule has 0 spiro atoms. The number of carbonyl (C=O) groups excluding carboxylic acids is 1. The summed E-state index contributed by atoms with van der Waals surface area (Å²) < 4.78 is 10.9. The van der Waals surface area contributed by atoms with E-state index in [-0.39, 0.29) is 11.9 Å². The van der Waals surface area contributed by atoms with Gasteiger partial charge in [-0.1, -0.05) is 30.3 Å². The number of benzene rings is 2. The van der Waals surface area contributed by atoms with Crippen LogP contribution in [0.1, 0.15) is 31.0 Å². The molecular formula is C21H28N2O3. The largest absolute Gasteiger partial charge is 0.496 e. The highest BCUT2D eigenvalue weighted by Gasteiger charge is 2.17. The lowest BCUT2D eigenvalue weighted by Crippen LogP contribution is -2.36. The Morgan fingerprint density at radius 3 is 2.69 bits per heavy atom. The van der Waals surface area contributed by atoms with Crippen molar-refractivity contribution in [2.24, 2.45) is 0 Å². The summed E-state index contributed by atoms with van der Waals surface area (Å²) >= 11 is 0. The van der Waals surface area contributed by atoms with Crippen molar-refractivity contribution in [1.29, 1.82) is 0 Å². The summed E-state index contributed by atoms with van der Waals surface area (Å²) in [4.78, 5) is 14.3. The fourth-order valence-corrected chi connectivity index (χ4v) is 2.78. The number of hydrogen-bond acceptors (Lipinski definition) is 4. The molecule has 26 heavy (non-hydrogen) atoms. The van der Waals surface area contributed by atoms with E-state index < -0.39 is 0 Å². The number of hydrogen-bond donors (Lipinski definition) is 1. The fourth-order valence-electron chi connectivity index (χ4n) is 2.78. The van der Waals surface area contributed by atoms with Crippen LogP contribution < -0.4 is 14.8 Å². The number of para-hydroxylation sites is 1. The Bertz CT molecular complexity index is 718. The highest BCUT2D eigenvalue weighted by molar-refractivity contribution is 5.78. The third-order valence-electron chi connectivity index (χ3n) is 4.34. The van der Waals surface area contributed by atoms with Crippen molar-refractivity contribution < 1.29 is 14.3 Å². The second-order valence-corrected chi connectivity index (χ2v) is 6.19. The summed E-state index contributed by atoms with van der Waals surface area (Å²) in [5.74, 6) is 1.64. The van der Waals surface area contributed by atoms with Gasteiger partial charge >= 0.3 is 0 Å². The van der Waals surface area contributed by atoms with Gasteiger partial charge in [-0.3, -0.25) is 9.69 Å². The van der Waals surface area contributed by atoms with E-state index in [1.807, 2.05) is 67.4 Å². The minimum Gasteiger partial charge on any atom is -0.496 e. The Morgan fingerprint density at radius 2 is 1.96 bits per heavy atom. The van der Waals surface area contributed by atoms with Gasteiger partial charge in [0, 0.05) is 18.2 Å². The monoisotopic (exact) mass is 356 g/mol. The van der Waals surface area contributed by atoms with Gasteiger partial charge in [0.2, 0.25) is 5.91 Å². The number of methoxy groups -OCH3 is 1. The topological polar surface area (TPSA) is 50.8 Å². The summed E-state index contributed by atoms with van der Waals surface area (Å²) in [5, 5.41) is 2.97. The van der Waals surface area contributed by atoms with Crippen LogP contribution in [0.5, 0.6) is 11.5 Å². The molecule has 0 aromatic heterocycles. The van der Waals surface area contributed by atoms with E-state index in [4.69, 9.17) is 9.47 Å². The Kier molecular flexibility index (Phi) is 7.48. The van der Waals surface area contributed by atoms with Crippen LogP contribution in [0.15, 0.2) is 48.5 Å². The minimum atomic E-state index is -0.0175. The maximum absolute atomic E-state index is 12.3. The van der Waals surface area contributed by atoms with Gasteiger partial charge in [-0.05, 0) is 44.7 Å². The van der Waals surface area contributed by atoms with Crippen molar-refractivity contribution >= 4 is 5.91 Å². The molecule has 0 radical (unpaired) electrons. The van der Waals surface area contributed by atoms with Crippen LogP contribution in [0.3, 0.4) is 0 Å². The molecule has 0 saturated heterocycles. The predicted molar refractivity (Wildman–Crippen MR) is 103 cm³/mol. The summed E-state index contributed by atoms with van der Waals surface area (Å²) in [6.07, 6.45) is 0. The number of nitrogens with one attached hydrogen (secondary N) is 1. The van der Waals surface area contributed by atoms with Crippen molar-refractivity contribution in [2.75, 3.05) is 27.3 Å². The van der Waals surface area contributed by atoms with E-state index in [9.17, 15) is 4.79 Å². The predicted octanol–water partition coefficient (Wildman–Crippen LogP) is 3.40. The number of ether oxygens (including phenoxy) is 2. The first kappa shape index (κ1) is 19.8. The van der Waals surface area contributed by atoms with Crippen LogP contribution in [0, 0.1) is 0 Å². The van der Waals surface area contributed by atoms with Crippen molar-refractivity contribution in [3.63, 3.8) is 0 Å². The van der Waals surface area contributed by atoms with Crippen LogP contribution in [-0.4, -0.2) is 38.1 Å². The summed E-state index contributed by atoms with van der Waals surface area (Å²) in [6.45, 7) is 5.44. The van der Waals surface area contributed by atoms with E-state index in [0.717, 1.165) is 22.6 Å². The molecule has 1 unspecified atom stereocenters. The second kappa shape index (κ2) is 9.82. The Balaban J connectivity index is 1.89. The molecule has 1 N–H and O–H groups in total. The Morgan fingerprint density at radius 1 is 1.19 bits per heavy atom. The third kappa shape index (κ3) is 5.49. The first-order chi connectivity index (χ1) is 12.5. The average Bonchev–Trinajstić information content (AvgIpc) is 2.66. The minimum absolute atomic E-state index is 0.0175. The molecule has 2 aromatic rings. The summed E-state index contributed by atoms with van der Waals surface area (Å²) in [7, 11) is 3.60. The molecule has 0 aliphatic heterocycles. The highest BCUT2D eigenvalue weighted by atomic mass is 16.5.